The number of hydrogen-bond acceptors (Lipinski definition) is 2. The fourth-order valence-electron chi connectivity index (χ4n) is 1.68. The molecule has 2 N–H and O–H groups in total. The summed E-state index contributed by atoms with van der Waals surface area (Å²) in [5.41, 5.74) is 0. The predicted molar refractivity (Wildman–Crippen MR) is 55.6 cm³/mol. The lowest BCUT2D eigenvalue weighted by Gasteiger charge is -2.23. The molecule has 0 saturated heterocycles. The number of aliphatic hydroxyl groups excluding tert-OH is 2. The molecule has 0 amide bonds. The van der Waals surface area contributed by atoms with Crippen molar-refractivity contribution in [2.45, 2.75) is 52.6 Å². The smallest absolute Gasteiger partial charge is 0.0592 e. The molecule has 0 aromatic carbocycles. The zero-order chi connectivity index (χ0) is 10.3. The summed E-state index contributed by atoms with van der Waals surface area (Å²) in [6.07, 6.45) is 3.62. The Balaban J connectivity index is 3.87. The van der Waals surface area contributed by atoms with Gasteiger partial charge in [0.1, 0.15) is 0 Å². The van der Waals surface area contributed by atoms with Crippen molar-refractivity contribution >= 4 is 0 Å². The molecule has 2 nitrogen and oxygen atoms in total. The van der Waals surface area contributed by atoms with E-state index in [-0.39, 0.29) is 18.6 Å². The first-order chi connectivity index (χ1) is 6.19. The molecule has 0 fully saturated rings. The Labute approximate surface area is 82.0 Å². The first-order valence-corrected chi connectivity index (χ1v) is 5.48. The van der Waals surface area contributed by atoms with Crippen molar-refractivity contribution < 1.29 is 10.2 Å². The van der Waals surface area contributed by atoms with E-state index in [1.165, 1.54) is 0 Å². The van der Waals surface area contributed by atoms with Crippen molar-refractivity contribution in [3.8, 4) is 0 Å². The maximum absolute atomic E-state index is 9.78. The van der Waals surface area contributed by atoms with Gasteiger partial charge in [0.15, 0.2) is 0 Å². The maximum atomic E-state index is 9.78. The molecule has 0 spiro atoms. The van der Waals surface area contributed by atoms with Crippen molar-refractivity contribution in [1.29, 1.82) is 0 Å². The highest BCUT2D eigenvalue weighted by molar-refractivity contribution is 4.70. The summed E-state index contributed by atoms with van der Waals surface area (Å²) in [4.78, 5) is 0. The Bertz CT molecular complexity index is 107. The zero-order valence-electron chi connectivity index (χ0n) is 9.16. The molecule has 0 rings (SSSR count). The molecule has 0 saturated carbocycles. The second kappa shape index (κ2) is 7.34. The largest absolute Gasteiger partial charge is 0.396 e. The third kappa shape index (κ3) is 4.63. The molecule has 0 bridgehead atoms. The molecule has 0 aliphatic heterocycles. The van der Waals surface area contributed by atoms with Gasteiger partial charge in [-0.15, -0.1) is 0 Å². The molecule has 0 aliphatic carbocycles. The Morgan fingerprint density at radius 1 is 1.00 bits per heavy atom. The molecule has 80 valence electrons. The maximum Gasteiger partial charge on any atom is 0.0592 e. The summed E-state index contributed by atoms with van der Waals surface area (Å²) >= 11 is 0. The molecular formula is C11H24O2. The fourth-order valence-corrected chi connectivity index (χ4v) is 1.68. The van der Waals surface area contributed by atoms with E-state index in [4.69, 9.17) is 5.11 Å². The van der Waals surface area contributed by atoms with Crippen molar-refractivity contribution in [2.24, 2.45) is 11.8 Å². The third-order valence-corrected chi connectivity index (χ3v) is 3.03. The fraction of sp³-hybridized carbons (Fsp3) is 1.00. The third-order valence-electron chi connectivity index (χ3n) is 3.03. The van der Waals surface area contributed by atoms with Crippen LogP contribution in [0.2, 0.25) is 0 Å². The minimum atomic E-state index is -0.320. The SMILES string of the molecule is CCC(CC)CC(O)C(CC)CO. The standard InChI is InChI=1S/C11H24O2/c1-4-9(5-2)7-11(13)10(6-3)8-12/h9-13H,4-8H2,1-3H3. The van der Waals surface area contributed by atoms with Gasteiger partial charge in [-0.2, -0.15) is 0 Å². The van der Waals surface area contributed by atoms with Gasteiger partial charge < -0.3 is 10.2 Å². The molecule has 2 unspecified atom stereocenters. The van der Waals surface area contributed by atoms with Crippen LogP contribution in [0.3, 0.4) is 0 Å². The quantitative estimate of drug-likeness (QED) is 0.643. The molecule has 2 atom stereocenters. The Morgan fingerprint density at radius 2 is 1.54 bits per heavy atom. The monoisotopic (exact) mass is 188 g/mol. The zero-order valence-corrected chi connectivity index (χ0v) is 9.16. The van der Waals surface area contributed by atoms with Crippen molar-refractivity contribution in [3.63, 3.8) is 0 Å². The number of aliphatic hydroxyl groups is 2. The molecular weight excluding hydrogens is 164 g/mol. The molecule has 0 radical (unpaired) electrons. The summed E-state index contributed by atoms with van der Waals surface area (Å²) in [5.74, 6) is 0.677. The van der Waals surface area contributed by atoms with Crippen LogP contribution in [0, 0.1) is 11.8 Å². The van der Waals surface area contributed by atoms with Gasteiger partial charge in [-0.3, -0.25) is 0 Å². The van der Waals surface area contributed by atoms with Gasteiger partial charge in [0, 0.05) is 12.5 Å². The van der Waals surface area contributed by atoms with Crippen LogP contribution < -0.4 is 0 Å². The molecule has 13 heavy (non-hydrogen) atoms. The van der Waals surface area contributed by atoms with E-state index in [9.17, 15) is 5.11 Å². The Morgan fingerprint density at radius 3 is 1.85 bits per heavy atom. The Hall–Kier alpha value is -0.0800. The summed E-state index contributed by atoms with van der Waals surface area (Å²) in [7, 11) is 0. The first-order valence-electron chi connectivity index (χ1n) is 5.48. The van der Waals surface area contributed by atoms with E-state index in [0.29, 0.717) is 5.92 Å². The van der Waals surface area contributed by atoms with Gasteiger partial charge in [-0.05, 0) is 18.8 Å². The van der Waals surface area contributed by atoms with Crippen LogP contribution >= 0.6 is 0 Å². The highest BCUT2D eigenvalue weighted by Gasteiger charge is 2.19. The lowest BCUT2D eigenvalue weighted by Crippen LogP contribution is -2.25. The highest BCUT2D eigenvalue weighted by Crippen LogP contribution is 2.20. The summed E-state index contributed by atoms with van der Waals surface area (Å²) in [6.45, 7) is 6.43. The number of hydrogen-bond donors (Lipinski definition) is 2. The van der Waals surface area contributed by atoms with E-state index >= 15 is 0 Å². The predicted octanol–water partition coefficient (Wildman–Crippen LogP) is 2.19. The molecule has 0 aromatic rings. The first kappa shape index (κ1) is 12.9. The van der Waals surface area contributed by atoms with E-state index in [0.717, 1.165) is 25.7 Å². The van der Waals surface area contributed by atoms with Crippen LogP contribution in [0.25, 0.3) is 0 Å². The number of rotatable bonds is 7. The lowest BCUT2D eigenvalue weighted by molar-refractivity contribution is 0.0454. The van der Waals surface area contributed by atoms with E-state index < -0.39 is 0 Å². The van der Waals surface area contributed by atoms with Crippen LogP contribution in [-0.4, -0.2) is 22.9 Å². The van der Waals surface area contributed by atoms with Gasteiger partial charge >= 0.3 is 0 Å². The van der Waals surface area contributed by atoms with Crippen LogP contribution in [0.5, 0.6) is 0 Å². The second-order valence-electron chi connectivity index (χ2n) is 3.84. The van der Waals surface area contributed by atoms with Crippen molar-refractivity contribution in [3.05, 3.63) is 0 Å². The molecule has 0 heterocycles. The van der Waals surface area contributed by atoms with Crippen LogP contribution in [0.4, 0.5) is 0 Å². The van der Waals surface area contributed by atoms with Crippen molar-refractivity contribution in [1.82, 2.24) is 0 Å². The van der Waals surface area contributed by atoms with Gasteiger partial charge in [-0.1, -0.05) is 33.6 Å². The Kier molecular flexibility index (Phi) is 7.29. The molecule has 0 aromatic heterocycles. The van der Waals surface area contributed by atoms with E-state index in [1.54, 1.807) is 0 Å². The van der Waals surface area contributed by atoms with Gasteiger partial charge in [0.05, 0.1) is 6.10 Å². The van der Waals surface area contributed by atoms with Crippen LogP contribution in [0.15, 0.2) is 0 Å². The average molecular weight is 188 g/mol. The van der Waals surface area contributed by atoms with Crippen LogP contribution in [-0.2, 0) is 0 Å². The van der Waals surface area contributed by atoms with Gasteiger partial charge in [0.2, 0.25) is 0 Å². The van der Waals surface area contributed by atoms with Crippen molar-refractivity contribution in [2.75, 3.05) is 6.61 Å². The van der Waals surface area contributed by atoms with E-state index in [1.807, 2.05) is 6.92 Å². The van der Waals surface area contributed by atoms with E-state index in [2.05, 4.69) is 13.8 Å². The topological polar surface area (TPSA) is 40.5 Å². The van der Waals surface area contributed by atoms with Gasteiger partial charge in [0.25, 0.3) is 0 Å². The molecule has 2 heteroatoms. The van der Waals surface area contributed by atoms with Gasteiger partial charge in [-0.25, -0.2) is 0 Å². The minimum Gasteiger partial charge on any atom is -0.396 e. The van der Waals surface area contributed by atoms with Crippen LogP contribution in [0.1, 0.15) is 46.5 Å². The highest BCUT2D eigenvalue weighted by atomic mass is 16.3. The summed E-state index contributed by atoms with van der Waals surface area (Å²) in [5, 5.41) is 18.8. The molecule has 0 aliphatic rings. The second-order valence-corrected chi connectivity index (χ2v) is 3.84. The summed E-state index contributed by atoms with van der Waals surface area (Å²) < 4.78 is 0. The lowest BCUT2D eigenvalue weighted by atomic mass is 9.89. The average Bonchev–Trinajstić information content (AvgIpc) is 2.16. The summed E-state index contributed by atoms with van der Waals surface area (Å²) in [6, 6.07) is 0. The minimum absolute atomic E-state index is 0.0700. The normalized spacial score (nSPS) is 16.2.